The Morgan fingerprint density at radius 2 is 1.52 bits per heavy atom. The van der Waals surface area contributed by atoms with Crippen molar-refractivity contribution >= 4 is 5.97 Å². The third kappa shape index (κ3) is 8.06. The van der Waals surface area contributed by atoms with Crippen LogP contribution in [0.2, 0.25) is 0 Å². The van der Waals surface area contributed by atoms with Crippen molar-refractivity contribution in [2.75, 3.05) is 7.11 Å². The average Bonchev–Trinajstić information content (AvgIpc) is 2.56. The highest BCUT2D eigenvalue weighted by Gasteiger charge is 2.08. The van der Waals surface area contributed by atoms with Gasteiger partial charge in [0, 0.05) is 0 Å². The zero-order valence-corrected chi connectivity index (χ0v) is 14.8. The molecule has 1 aromatic rings. The topological polar surface area (TPSA) is 46.5 Å². The normalized spacial score (nSPS) is 10.7. The van der Waals surface area contributed by atoms with Crippen LogP contribution in [0.5, 0.6) is 5.75 Å². The number of carbonyl (C=O) groups is 1. The maximum Gasteiger partial charge on any atom is 0.335 e. The Bertz CT molecular complexity index is 454. The molecule has 3 heteroatoms. The van der Waals surface area contributed by atoms with Crippen molar-refractivity contribution in [2.45, 2.75) is 77.6 Å². The van der Waals surface area contributed by atoms with Crippen LogP contribution in [0.25, 0.3) is 0 Å². The lowest BCUT2D eigenvalue weighted by Crippen LogP contribution is -2.00. The molecule has 0 unspecified atom stereocenters. The molecule has 1 aromatic carbocycles. The Morgan fingerprint density at radius 1 is 0.957 bits per heavy atom. The van der Waals surface area contributed by atoms with Gasteiger partial charge in [0.05, 0.1) is 12.7 Å². The van der Waals surface area contributed by atoms with E-state index in [0.717, 1.165) is 24.2 Å². The number of aromatic carboxylic acids is 1. The summed E-state index contributed by atoms with van der Waals surface area (Å²) >= 11 is 0. The lowest BCUT2D eigenvalue weighted by molar-refractivity contribution is 0.0696. The molecule has 0 aliphatic heterocycles. The number of methoxy groups -OCH3 is 1. The summed E-state index contributed by atoms with van der Waals surface area (Å²) in [5.74, 6) is -0.0806. The van der Waals surface area contributed by atoms with Gasteiger partial charge in [-0.3, -0.25) is 0 Å². The number of rotatable bonds is 13. The summed E-state index contributed by atoms with van der Waals surface area (Å²) in [7, 11) is 1.64. The van der Waals surface area contributed by atoms with E-state index in [0.29, 0.717) is 5.56 Å². The van der Waals surface area contributed by atoms with Gasteiger partial charge in [-0.05, 0) is 36.6 Å². The SMILES string of the molecule is CCCCCCCCCCCCc1cc(C(=O)O)ccc1OC. The fourth-order valence-electron chi connectivity index (χ4n) is 2.91. The summed E-state index contributed by atoms with van der Waals surface area (Å²) in [5.41, 5.74) is 1.35. The first-order valence-electron chi connectivity index (χ1n) is 9.09. The largest absolute Gasteiger partial charge is 0.496 e. The molecule has 0 spiro atoms. The number of hydrogen-bond donors (Lipinski definition) is 1. The highest BCUT2D eigenvalue weighted by atomic mass is 16.5. The van der Waals surface area contributed by atoms with Crippen LogP contribution >= 0.6 is 0 Å². The second-order valence-corrected chi connectivity index (χ2v) is 6.26. The lowest BCUT2D eigenvalue weighted by atomic mass is 10.0. The van der Waals surface area contributed by atoms with Crippen molar-refractivity contribution in [2.24, 2.45) is 0 Å². The first-order chi connectivity index (χ1) is 11.2. The number of benzene rings is 1. The van der Waals surface area contributed by atoms with Gasteiger partial charge in [-0.1, -0.05) is 64.7 Å². The van der Waals surface area contributed by atoms with Gasteiger partial charge in [0.15, 0.2) is 0 Å². The molecule has 1 rings (SSSR count). The third-order valence-corrected chi connectivity index (χ3v) is 4.33. The fourth-order valence-corrected chi connectivity index (χ4v) is 2.91. The summed E-state index contributed by atoms with van der Waals surface area (Å²) in [6, 6.07) is 5.10. The molecule has 130 valence electrons. The average molecular weight is 320 g/mol. The van der Waals surface area contributed by atoms with E-state index in [2.05, 4.69) is 6.92 Å². The van der Waals surface area contributed by atoms with E-state index in [1.165, 1.54) is 57.8 Å². The molecule has 0 saturated carbocycles. The van der Waals surface area contributed by atoms with Gasteiger partial charge in [0.25, 0.3) is 0 Å². The van der Waals surface area contributed by atoms with E-state index in [1.807, 2.05) is 0 Å². The van der Waals surface area contributed by atoms with E-state index in [-0.39, 0.29) is 0 Å². The second kappa shape index (κ2) is 12.0. The zero-order chi connectivity index (χ0) is 16.9. The minimum Gasteiger partial charge on any atom is -0.496 e. The van der Waals surface area contributed by atoms with Gasteiger partial charge >= 0.3 is 5.97 Å². The molecular weight excluding hydrogens is 288 g/mol. The number of hydrogen-bond acceptors (Lipinski definition) is 2. The quantitative estimate of drug-likeness (QED) is 0.463. The summed E-state index contributed by atoms with van der Waals surface area (Å²) in [6.07, 6.45) is 13.9. The lowest BCUT2D eigenvalue weighted by Gasteiger charge is -2.09. The summed E-state index contributed by atoms with van der Waals surface area (Å²) in [4.78, 5) is 11.1. The molecule has 0 radical (unpaired) electrons. The molecule has 0 bridgehead atoms. The Balaban J connectivity index is 2.20. The number of ether oxygens (including phenoxy) is 1. The van der Waals surface area contributed by atoms with Crippen LogP contribution < -0.4 is 4.74 Å². The minimum atomic E-state index is -0.878. The molecule has 0 heterocycles. The molecule has 0 fully saturated rings. The highest BCUT2D eigenvalue weighted by molar-refractivity contribution is 5.88. The van der Waals surface area contributed by atoms with Crippen LogP contribution in [0, 0.1) is 0 Å². The Morgan fingerprint density at radius 3 is 2.04 bits per heavy atom. The molecule has 0 aliphatic carbocycles. The van der Waals surface area contributed by atoms with Crippen LogP contribution in [-0.4, -0.2) is 18.2 Å². The second-order valence-electron chi connectivity index (χ2n) is 6.26. The molecular formula is C20H32O3. The van der Waals surface area contributed by atoms with Crippen LogP contribution in [-0.2, 0) is 6.42 Å². The van der Waals surface area contributed by atoms with Gasteiger partial charge in [-0.15, -0.1) is 0 Å². The summed E-state index contributed by atoms with van der Waals surface area (Å²) < 4.78 is 5.33. The van der Waals surface area contributed by atoms with Crippen molar-refractivity contribution < 1.29 is 14.6 Å². The van der Waals surface area contributed by atoms with E-state index in [9.17, 15) is 4.79 Å². The molecule has 0 aromatic heterocycles. The predicted molar refractivity (Wildman–Crippen MR) is 95.5 cm³/mol. The molecule has 3 nitrogen and oxygen atoms in total. The number of unbranched alkanes of at least 4 members (excludes halogenated alkanes) is 9. The monoisotopic (exact) mass is 320 g/mol. The number of carboxylic acid groups (broad SMARTS) is 1. The zero-order valence-electron chi connectivity index (χ0n) is 14.8. The van der Waals surface area contributed by atoms with Crippen LogP contribution in [0.1, 0.15) is 87.1 Å². The summed E-state index contributed by atoms with van der Waals surface area (Å²) in [5, 5.41) is 9.08. The van der Waals surface area contributed by atoms with E-state index < -0.39 is 5.97 Å². The molecule has 1 N–H and O–H groups in total. The van der Waals surface area contributed by atoms with Gasteiger partial charge < -0.3 is 9.84 Å². The maximum absolute atomic E-state index is 11.1. The van der Waals surface area contributed by atoms with Crippen molar-refractivity contribution in [3.05, 3.63) is 29.3 Å². The predicted octanol–water partition coefficient (Wildman–Crippen LogP) is 5.86. The van der Waals surface area contributed by atoms with Crippen molar-refractivity contribution in [3.8, 4) is 5.75 Å². The minimum absolute atomic E-state index is 0.341. The maximum atomic E-state index is 11.1. The van der Waals surface area contributed by atoms with Crippen LogP contribution in [0.4, 0.5) is 0 Å². The highest BCUT2D eigenvalue weighted by Crippen LogP contribution is 2.22. The third-order valence-electron chi connectivity index (χ3n) is 4.33. The standard InChI is InChI=1S/C20H32O3/c1-3-4-5-6-7-8-9-10-11-12-13-17-16-18(20(21)22)14-15-19(17)23-2/h14-16H,3-13H2,1-2H3,(H,21,22). The molecule has 23 heavy (non-hydrogen) atoms. The molecule has 0 amide bonds. The van der Waals surface area contributed by atoms with Gasteiger partial charge in [-0.2, -0.15) is 0 Å². The van der Waals surface area contributed by atoms with Crippen LogP contribution in [0.15, 0.2) is 18.2 Å². The van der Waals surface area contributed by atoms with Crippen molar-refractivity contribution in [1.29, 1.82) is 0 Å². The van der Waals surface area contributed by atoms with Crippen molar-refractivity contribution in [1.82, 2.24) is 0 Å². The smallest absolute Gasteiger partial charge is 0.335 e. The van der Waals surface area contributed by atoms with Gasteiger partial charge in [0.1, 0.15) is 5.75 Å². The van der Waals surface area contributed by atoms with Crippen LogP contribution in [0.3, 0.4) is 0 Å². The molecule has 0 aliphatic rings. The first kappa shape index (κ1) is 19.5. The fraction of sp³-hybridized carbons (Fsp3) is 0.650. The Labute approximate surface area is 141 Å². The molecule has 0 saturated heterocycles. The number of carboxylic acids is 1. The summed E-state index contributed by atoms with van der Waals surface area (Å²) in [6.45, 7) is 2.25. The Hall–Kier alpha value is -1.51. The first-order valence-corrected chi connectivity index (χ1v) is 9.09. The molecule has 0 atom stereocenters. The van der Waals surface area contributed by atoms with Gasteiger partial charge in [-0.25, -0.2) is 4.79 Å². The number of aryl methyl sites for hydroxylation is 1. The van der Waals surface area contributed by atoms with E-state index in [4.69, 9.17) is 9.84 Å². The Kier molecular flexibility index (Phi) is 10.2. The van der Waals surface area contributed by atoms with Gasteiger partial charge in [0.2, 0.25) is 0 Å². The van der Waals surface area contributed by atoms with Crippen molar-refractivity contribution in [3.63, 3.8) is 0 Å². The van der Waals surface area contributed by atoms with E-state index >= 15 is 0 Å². The van der Waals surface area contributed by atoms with E-state index in [1.54, 1.807) is 25.3 Å².